The van der Waals surface area contributed by atoms with E-state index in [1.165, 1.54) is 6.42 Å². The third-order valence-corrected chi connectivity index (χ3v) is 4.75. The minimum Gasteiger partial charge on any atom is -0.490 e. The van der Waals surface area contributed by atoms with E-state index in [1.54, 1.807) is 0 Å². The lowest BCUT2D eigenvalue weighted by Gasteiger charge is -2.28. The number of imidazole rings is 1. The predicted molar refractivity (Wildman–Crippen MR) is 86.5 cm³/mol. The van der Waals surface area contributed by atoms with Crippen LogP contribution in [0.1, 0.15) is 41.9 Å². The van der Waals surface area contributed by atoms with Crippen molar-refractivity contribution in [3.63, 3.8) is 0 Å². The van der Waals surface area contributed by atoms with Gasteiger partial charge in [0.15, 0.2) is 0 Å². The van der Waals surface area contributed by atoms with Gasteiger partial charge in [0, 0.05) is 31.4 Å². The van der Waals surface area contributed by atoms with Crippen LogP contribution in [0, 0.1) is 0 Å². The van der Waals surface area contributed by atoms with E-state index in [4.69, 9.17) is 4.74 Å². The summed E-state index contributed by atoms with van der Waals surface area (Å²) in [5.41, 5.74) is 0.635. The normalized spacial score (nSPS) is 20.4. The predicted octanol–water partition coefficient (Wildman–Crippen LogP) is 2.56. The molecule has 0 radical (unpaired) electrons. The SMILES string of the molecule is O=C(N[C@H]1CCc2nccn2C1)c1ccccc1OC1CCC1. The zero-order valence-electron chi connectivity index (χ0n) is 13.1. The van der Waals surface area contributed by atoms with Gasteiger partial charge in [-0.05, 0) is 37.8 Å². The molecular weight excluding hydrogens is 290 g/mol. The number of nitrogens with one attached hydrogen (secondary N) is 1. The van der Waals surface area contributed by atoms with Crippen LogP contribution in [-0.2, 0) is 13.0 Å². The molecule has 0 unspecified atom stereocenters. The van der Waals surface area contributed by atoms with Crippen molar-refractivity contribution in [2.75, 3.05) is 0 Å². The third kappa shape index (κ3) is 2.96. The van der Waals surface area contributed by atoms with Gasteiger partial charge in [-0.25, -0.2) is 4.98 Å². The topological polar surface area (TPSA) is 56.2 Å². The molecule has 1 aliphatic carbocycles. The highest BCUT2D eigenvalue weighted by Crippen LogP contribution is 2.27. The van der Waals surface area contributed by atoms with Crippen molar-refractivity contribution in [1.29, 1.82) is 0 Å². The quantitative estimate of drug-likeness (QED) is 0.944. The Morgan fingerprint density at radius 3 is 2.96 bits per heavy atom. The van der Waals surface area contributed by atoms with Crippen LogP contribution in [0.15, 0.2) is 36.7 Å². The standard InChI is InChI=1S/C18H21N3O2/c22-18(20-13-8-9-17-19-10-11-21(17)12-13)15-6-1-2-7-16(15)23-14-4-3-5-14/h1-2,6-7,10-11,13-14H,3-5,8-9,12H2,(H,20,22)/t13-/m0/s1. The Hall–Kier alpha value is -2.30. The lowest BCUT2D eigenvalue weighted by atomic mass is 9.96. The van der Waals surface area contributed by atoms with Gasteiger partial charge in [0.2, 0.25) is 0 Å². The maximum atomic E-state index is 12.7. The first-order chi connectivity index (χ1) is 11.3. The Balaban J connectivity index is 1.45. The molecule has 1 aliphatic heterocycles. The third-order valence-electron chi connectivity index (χ3n) is 4.75. The molecule has 4 rings (SSSR count). The number of para-hydroxylation sites is 1. The Bertz CT molecular complexity index is 706. The zero-order valence-corrected chi connectivity index (χ0v) is 13.1. The highest BCUT2D eigenvalue weighted by atomic mass is 16.5. The van der Waals surface area contributed by atoms with Gasteiger partial charge in [0.1, 0.15) is 11.6 Å². The number of carbonyl (C=O) groups is 1. The number of benzene rings is 1. The molecule has 0 spiro atoms. The molecule has 1 aromatic heterocycles. The minimum atomic E-state index is -0.0477. The number of rotatable bonds is 4. The summed E-state index contributed by atoms with van der Waals surface area (Å²) in [5.74, 6) is 1.76. The summed E-state index contributed by atoms with van der Waals surface area (Å²) in [7, 11) is 0. The molecule has 1 amide bonds. The highest BCUT2D eigenvalue weighted by molar-refractivity contribution is 5.97. The number of aryl methyl sites for hydroxylation is 1. The summed E-state index contributed by atoms with van der Waals surface area (Å²) in [5, 5.41) is 3.15. The van der Waals surface area contributed by atoms with E-state index >= 15 is 0 Å². The van der Waals surface area contributed by atoms with E-state index in [0.717, 1.165) is 38.1 Å². The molecule has 0 bridgehead atoms. The lowest BCUT2D eigenvalue weighted by Crippen LogP contribution is -2.41. The largest absolute Gasteiger partial charge is 0.490 e. The number of aromatic nitrogens is 2. The molecule has 2 heterocycles. The smallest absolute Gasteiger partial charge is 0.255 e. The average molecular weight is 311 g/mol. The van der Waals surface area contributed by atoms with Crippen molar-refractivity contribution in [1.82, 2.24) is 14.9 Å². The van der Waals surface area contributed by atoms with Crippen LogP contribution in [0.2, 0.25) is 0 Å². The second-order valence-corrected chi connectivity index (χ2v) is 6.37. The van der Waals surface area contributed by atoms with Crippen LogP contribution < -0.4 is 10.1 Å². The Kier molecular flexibility index (Phi) is 3.77. The van der Waals surface area contributed by atoms with Crippen LogP contribution in [0.25, 0.3) is 0 Å². The first-order valence-corrected chi connectivity index (χ1v) is 8.36. The number of amides is 1. The van der Waals surface area contributed by atoms with Crippen molar-refractivity contribution >= 4 is 5.91 Å². The van der Waals surface area contributed by atoms with Crippen molar-refractivity contribution in [3.05, 3.63) is 48.0 Å². The monoisotopic (exact) mass is 311 g/mol. The van der Waals surface area contributed by atoms with Crippen LogP contribution >= 0.6 is 0 Å². The maximum absolute atomic E-state index is 12.7. The number of hydrogen-bond acceptors (Lipinski definition) is 3. The van der Waals surface area contributed by atoms with Crippen LogP contribution in [0.3, 0.4) is 0 Å². The molecular formula is C18H21N3O2. The van der Waals surface area contributed by atoms with E-state index in [2.05, 4.69) is 14.9 Å². The number of nitrogens with zero attached hydrogens (tertiary/aromatic N) is 2. The van der Waals surface area contributed by atoms with Crippen LogP contribution in [0.4, 0.5) is 0 Å². The number of ether oxygens (including phenoxy) is 1. The second-order valence-electron chi connectivity index (χ2n) is 6.37. The summed E-state index contributed by atoms with van der Waals surface area (Å²) in [6.07, 6.45) is 9.28. The molecule has 23 heavy (non-hydrogen) atoms. The fourth-order valence-electron chi connectivity index (χ4n) is 3.17. The average Bonchev–Trinajstić information content (AvgIpc) is 2.99. The minimum absolute atomic E-state index is 0.0477. The van der Waals surface area contributed by atoms with Gasteiger partial charge in [0.25, 0.3) is 5.91 Å². The molecule has 5 heteroatoms. The molecule has 0 saturated heterocycles. The van der Waals surface area contributed by atoms with Crippen molar-refractivity contribution in [3.8, 4) is 5.75 Å². The van der Waals surface area contributed by atoms with E-state index < -0.39 is 0 Å². The summed E-state index contributed by atoms with van der Waals surface area (Å²) in [6, 6.07) is 7.68. The molecule has 2 aliphatic rings. The molecule has 1 atom stereocenters. The van der Waals surface area contributed by atoms with Gasteiger partial charge in [-0.2, -0.15) is 0 Å². The Morgan fingerprint density at radius 2 is 2.13 bits per heavy atom. The number of fused-ring (bicyclic) bond motifs is 1. The molecule has 1 aromatic carbocycles. The van der Waals surface area contributed by atoms with Gasteiger partial charge in [-0.15, -0.1) is 0 Å². The summed E-state index contributed by atoms with van der Waals surface area (Å²) < 4.78 is 8.08. The molecule has 1 fully saturated rings. The van der Waals surface area contributed by atoms with Crippen LogP contribution in [-0.4, -0.2) is 27.6 Å². The number of hydrogen-bond donors (Lipinski definition) is 1. The fourth-order valence-corrected chi connectivity index (χ4v) is 3.17. The van der Waals surface area contributed by atoms with Gasteiger partial charge < -0.3 is 14.6 Å². The molecule has 1 saturated carbocycles. The summed E-state index contributed by atoms with van der Waals surface area (Å²) in [6.45, 7) is 0.784. The van der Waals surface area contributed by atoms with Crippen molar-refractivity contribution in [2.45, 2.75) is 50.8 Å². The highest BCUT2D eigenvalue weighted by Gasteiger charge is 2.24. The number of carbonyl (C=O) groups excluding carboxylic acids is 1. The first kappa shape index (κ1) is 14.3. The Morgan fingerprint density at radius 1 is 1.26 bits per heavy atom. The molecule has 1 N–H and O–H groups in total. The lowest BCUT2D eigenvalue weighted by molar-refractivity contribution is 0.0903. The van der Waals surface area contributed by atoms with E-state index in [0.29, 0.717) is 11.3 Å². The van der Waals surface area contributed by atoms with Crippen LogP contribution in [0.5, 0.6) is 5.75 Å². The summed E-state index contributed by atoms with van der Waals surface area (Å²) in [4.78, 5) is 17.0. The second kappa shape index (κ2) is 6.07. The fraction of sp³-hybridized carbons (Fsp3) is 0.444. The van der Waals surface area contributed by atoms with Gasteiger partial charge in [0.05, 0.1) is 11.7 Å². The first-order valence-electron chi connectivity index (χ1n) is 8.36. The van der Waals surface area contributed by atoms with Gasteiger partial charge in [-0.3, -0.25) is 4.79 Å². The molecule has 120 valence electrons. The maximum Gasteiger partial charge on any atom is 0.255 e. The van der Waals surface area contributed by atoms with E-state index in [9.17, 15) is 4.79 Å². The van der Waals surface area contributed by atoms with E-state index in [1.807, 2.05) is 36.7 Å². The van der Waals surface area contributed by atoms with Crippen molar-refractivity contribution in [2.24, 2.45) is 0 Å². The Labute approximate surface area is 135 Å². The van der Waals surface area contributed by atoms with Crippen molar-refractivity contribution < 1.29 is 9.53 Å². The van der Waals surface area contributed by atoms with E-state index in [-0.39, 0.29) is 18.1 Å². The molecule has 2 aromatic rings. The zero-order chi connectivity index (χ0) is 15.6. The summed E-state index contributed by atoms with van der Waals surface area (Å²) >= 11 is 0. The van der Waals surface area contributed by atoms with Gasteiger partial charge in [-0.1, -0.05) is 12.1 Å². The van der Waals surface area contributed by atoms with Gasteiger partial charge >= 0.3 is 0 Å². The molecule has 5 nitrogen and oxygen atoms in total.